The van der Waals surface area contributed by atoms with Gasteiger partial charge in [0.2, 0.25) is 5.82 Å². The van der Waals surface area contributed by atoms with Gasteiger partial charge in [-0.05, 0) is 31.0 Å². The normalized spacial score (nSPS) is 14.6. The molecule has 134 valence electrons. The number of halogens is 3. The van der Waals surface area contributed by atoms with E-state index in [1.54, 1.807) is 6.07 Å². The standard InChI is InChI=1S/C16H15BrF2N2O3S/c1-21-7-9(8-25(23,24)11-3-4-11)15(14(19)16(21)22)20-13-5-2-10(17)6-12(13)18/h2,5-7,11,20H,3-4,8H2,1H3. The SMILES string of the molecule is Cn1cc(CS(=O)(=O)C2CC2)c(Nc2ccc(Br)cc2F)c(F)c1=O. The van der Waals surface area contributed by atoms with E-state index in [2.05, 4.69) is 21.2 Å². The molecule has 0 atom stereocenters. The Kier molecular flexibility index (Phi) is 4.72. The predicted molar refractivity (Wildman–Crippen MR) is 94.7 cm³/mol. The first-order valence-electron chi connectivity index (χ1n) is 7.50. The maximum atomic E-state index is 14.5. The van der Waals surface area contributed by atoms with E-state index in [0.29, 0.717) is 17.3 Å². The number of hydrogen-bond donors (Lipinski definition) is 1. The van der Waals surface area contributed by atoms with Gasteiger partial charge in [-0.15, -0.1) is 0 Å². The molecular formula is C16H15BrF2N2O3S. The van der Waals surface area contributed by atoms with E-state index in [1.807, 2.05) is 0 Å². The lowest BCUT2D eigenvalue weighted by Crippen LogP contribution is -2.24. The monoisotopic (exact) mass is 432 g/mol. The number of anilines is 2. The van der Waals surface area contributed by atoms with Crippen LogP contribution in [0.4, 0.5) is 20.2 Å². The van der Waals surface area contributed by atoms with Crippen molar-refractivity contribution in [2.75, 3.05) is 5.32 Å². The number of aromatic nitrogens is 1. The highest BCUT2D eigenvalue weighted by Crippen LogP contribution is 2.33. The van der Waals surface area contributed by atoms with Crippen LogP contribution in [0.15, 0.2) is 33.7 Å². The lowest BCUT2D eigenvalue weighted by Gasteiger charge is -2.15. The smallest absolute Gasteiger partial charge is 0.288 e. The molecule has 0 unspecified atom stereocenters. The minimum absolute atomic E-state index is 0.0552. The van der Waals surface area contributed by atoms with Gasteiger partial charge in [0.25, 0.3) is 5.56 Å². The Hall–Kier alpha value is -1.74. The summed E-state index contributed by atoms with van der Waals surface area (Å²) in [4.78, 5) is 11.9. The molecule has 1 aliphatic rings. The first-order valence-corrected chi connectivity index (χ1v) is 10.0. The van der Waals surface area contributed by atoms with Crippen molar-refractivity contribution in [1.29, 1.82) is 0 Å². The van der Waals surface area contributed by atoms with Gasteiger partial charge in [0, 0.05) is 23.3 Å². The van der Waals surface area contributed by atoms with E-state index in [1.165, 1.54) is 25.4 Å². The number of sulfone groups is 1. The summed E-state index contributed by atoms with van der Waals surface area (Å²) in [5.41, 5.74) is -1.20. The summed E-state index contributed by atoms with van der Waals surface area (Å²) in [6, 6.07) is 4.10. The highest BCUT2D eigenvalue weighted by atomic mass is 79.9. The zero-order valence-electron chi connectivity index (χ0n) is 13.2. The molecule has 2 aromatic rings. The third-order valence-corrected chi connectivity index (χ3v) is 6.67. The summed E-state index contributed by atoms with van der Waals surface area (Å²) in [5.74, 6) is -2.22. The second-order valence-electron chi connectivity index (χ2n) is 6.02. The molecule has 5 nitrogen and oxygen atoms in total. The average molecular weight is 433 g/mol. The fourth-order valence-electron chi connectivity index (χ4n) is 2.49. The Labute approximate surface area is 151 Å². The lowest BCUT2D eigenvalue weighted by atomic mass is 10.2. The second-order valence-corrected chi connectivity index (χ2v) is 9.21. The van der Waals surface area contributed by atoms with Crippen molar-refractivity contribution >= 4 is 37.1 Å². The number of pyridine rings is 1. The fourth-order valence-corrected chi connectivity index (χ4v) is 4.57. The Bertz CT molecular complexity index is 1000. The Balaban J connectivity index is 2.07. The number of hydrogen-bond acceptors (Lipinski definition) is 4. The molecule has 1 heterocycles. The fraction of sp³-hybridized carbons (Fsp3) is 0.312. The van der Waals surface area contributed by atoms with Crippen molar-refractivity contribution in [3.8, 4) is 0 Å². The van der Waals surface area contributed by atoms with Gasteiger partial charge in [-0.3, -0.25) is 4.79 Å². The number of rotatable bonds is 5. The molecule has 1 saturated carbocycles. The summed E-state index contributed by atoms with van der Waals surface area (Å²) in [7, 11) is -2.11. The molecule has 0 aliphatic heterocycles. The van der Waals surface area contributed by atoms with Crippen LogP contribution >= 0.6 is 15.9 Å². The summed E-state index contributed by atoms with van der Waals surface area (Å²) < 4.78 is 54.5. The van der Waals surface area contributed by atoms with E-state index in [-0.39, 0.29) is 16.9 Å². The van der Waals surface area contributed by atoms with Crippen molar-refractivity contribution in [2.24, 2.45) is 7.05 Å². The molecule has 0 radical (unpaired) electrons. The van der Waals surface area contributed by atoms with Crippen molar-refractivity contribution in [3.05, 3.63) is 56.4 Å². The molecular weight excluding hydrogens is 418 g/mol. The molecule has 3 rings (SSSR count). The van der Waals surface area contributed by atoms with E-state index in [9.17, 15) is 22.0 Å². The second kappa shape index (κ2) is 6.53. The van der Waals surface area contributed by atoms with Gasteiger partial charge in [-0.2, -0.15) is 4.39 Å². The van der Waals surface area contributed by atoms with Crippen molar-refractivity contribution < 1.29 is 17.2 Å². The summed E-state index contributed by atoms with van der Waals surface area (Å²) in [6.07, 6.45) is 2.44. The molecule has 1 aromatic heterocycles. The predicted octanol–water partition coefficient (Wildman–Crippen LogP) is 3.25. The highest BCUT2D eigenvalue weighted by Gasteiger charge is 2.36. The number of benzene rings is 1. The van der Waals surface area contributed by atoms with Crippen LogP contribution in [0.1, 0.15) is 18.4 Å². The van der Waals surface area contributed by atoms with Gasteiger partial charge in [0.1, 0.15) is 5.82 Å². The highest BCUT2D eigenvalue weighted by molar-refractivity contribution is 9.10. The van der Waals surface area contributed by atoms with Crippen LogP contribution in [0.5, 0.6) is 0 Å². The van der Waals surface area contributed by atoms with E-state index in [4.69, 9.17) is 0 Å². The minimum atomic E-state index is -3.44. The van der Waals surface area contributed by atoms with Crippen LogP contribution in [0.25, 0.3) is 0 Å². The quantitative estimate of drug-likeness (QED) is 0.787. The molecule has 1 aliphatic carbocycles. The van der Waals surface area contributed by atoms with Crippen molar-refractivity contribution in [3.63, 3.8) is 0 Å². The Morgan fingerprint density at radius 1 is 1.32 bits per heavy atom. The topological polar surface area (TPSA) is 68.2 Å². The number of nitrogens with one attached hydrogen (secondary N) is 1. The summed E-state index contributed by atoms with van der Waals surface area (Å²) in [6.45, 7) is 0. The molecule has 0 bridgehead atoms. The first kappa shape index (κ1) is 18.1. The maximum Gasteiger partial charge on any atom is 0.288 e. The van der Waals surface area contributed by atoms with Crippen molar-refractivity contribution in [1.82, 2.24) is 4.57 Å². The van der Waals surface area contributed by atoms with E-state index < -0.39 is 38.0 Å². The van der Waals surface area contributed by atoms with E-state index in [0.717, 1.165) is 4.57 Å². The summed E-state index contributed by atoms with van der Waals surface area (Å²) in [5, 5.41) is 2.11. The van der Waals surface area contributed by atoms with E-state index >= 15 is 0 Å². The van der Waals surface area contributed by atoms with Crippen LogP contribution in [-0.4, -0.2) is 18.2 Å². The van der Waals surface area contributed by atoms with Crippen LogP contribution in [0.2, 0.25) is 0 Å². The average Bonchev–Trinajstić information content (AvgIpc) is 3.36. The molecule has 0 saturated heterocycles. The zero-order valence-corrected chi connectivity index (χ0v) is 15.6. The molecule has 25 heavy (non-hydrogen) atoms. The lowest BCUT2D eigenvalue weighted by molar-refractivity contribution is 0.586. The number of nitrogens with zero attached hydrogens (tertiary/aromatic N) is 1. The summed E-state index contributed by atoms with van der Waals surface area (Å²) >= 11 is 3.12. The van der Waals surface area contributed by atoms with Crippen LogP contribution < -0.4 is 10.9 Å². The number of aryl methyl sites for hydroxylation is 1. The molecule has 0 amide bonds. The van der Waals surface area contributed by atoms with Crippen LogP contribution in [0, 0.1) is 11.6 Å². The molecule has 0 spiro atoms. The largest absolute Gasteiger partial charge is 0.350 e. The van der Waals surface area contributed by atoms with Gasteiger partial charge in [-0.1, -0.05) is 15.9 Å². The Morgan fingerprint density at radius 2 is 2.00 bits per heavy atom. The molecule has 1 fully saturated rings. The van der Waals surface area contributed by atoms with Crippen molar-refractivity contribution in [2.45, 2.75) is 23.8 Å². The maximum absolute atomic E-state index is 14.5. The van der Waals surface area contributed by atoms with Gasteiger partial charge in [0.05, 0.1) is 22.4 Å². The minimum Gasteiger partial charge on any atom is -0.350 e. The van der Waals surface area contributed by atoms with Crippen LogP contribution in [-0.2, 0) is 22.6 Å². The molecule has 9 heteroatoms. The van der Waals surface area contributed by atoms with Gasteiger partial charge in [-0.25, -0.2) is 12.8 Å². The first-order chi connectivity index (χ1) is 11.7. The van der Waals surface area contributed by atoms with Gasteiger partial charge >= 0.3 is 0 Å². The van der Waals surface area contributed by atoms with Gasteiger partial charge < -0.3 is 9.88 Å². The van der Waals surface area contributed by atoms with Crippen LogP contribution in [0.3, 0.4) is 0 Å². The Morgan fingerprint density at radius 3 is 2.60 bits per heavy atom. The third kappa shape index (κ3) is 3.77. The van der Waals surface area contributed by atoms with Gasteiger partial charge in [0.15, 0.2) is 9.84 Å². The molecule has 1 aromatic carbocycles. The third-order valence-electron chi connectivity index (χ3n) is 3.98. The zero-order chi connectivity index (χ0) is 18.4. The molecule has 1 N–H and O–H groups in total.